The van der Waals surface area contributed by atoms with E-state index >= 15 is 0 Å². The smallest absolute Gasteiger partial charge is 0.587 e. The number of carbonyl (C=O) groups excluding carboxylic acids is 4. The van der Waals surface area contributed by atoms with Gasteiger partial charge in [0.2, 0.25) is 0 Å². The molecule has 7 aromatic carbocycles. The normalized spacial score (nSPS) is 12.4. The van der Waals surface area contributed by atoms with E-state index in [1.54, 1.807) is 131 Å². The van der Waals surface area contributed by atoms with Gasteiger partial charge in [-0.2, -0.15) is 0 Å². The summed E-state index contributed by atoms with van der Waals surface area (Å²) in [6, 6.07) is 37.6. The minimum absolute atomic E-state index is 0. The van der Waals surface area contributed by atoms with Crippen LogP contribution in [0, 0.1) is 41.9 Å². The Morgan fingerprint density at radius 1 is 0.516 bits per heavy atom. The number of nitrogens with zero attached hydrogens (tertiary/aromatic N) is 1. The Labute approximate surface area is 622 Å². The Hall–Kier alpha value is -4.70. The number of amides is 2. The number of hydrogen-bond donors (Lipinski definition) is 3. The van der Waals surface area contributed by atoms with Gasteiger partial charge in [0.15, 0.2) is 11.6 Å². The van der Waals surface area contributed by atoms with Gasteiger partial charge >= 0.3 is 51.4 Å². The van der Waals surface area contributed by atoms with E-state index in [9.17, 15) is 41.1 Å². The molecule has 2 amide bonds. The van der Waals surface area contributed by atoms with Gasteiger partial charge in [0.05, 0.1) is 23.1 Å². The fraction of sp³-hybridized carbons (Fsp3) is 0.188. The van der Waals surface area contributed by atoms with Crippen molar-refractivity contribution in [2.75, 3.05) is 25.2 Å². The molecular weight excluding hydrogens is 1450 g/mol. The van der Waals surface area contributed by atoms with Crippen LogP contribution < -0.4 is 62.9 Å². The number of ether oxygens (including phenoxy) is 1. The molecule has 482 valence electrons. The molecule has 0 atom stereocenters. The third-order valence-corrected chi connectivity index (χ3v) is 19.4. The maximum absolute atomic E-state index is 13.4. The topological polar surface area (TPSA) is 164 Å². The van der Waals surface area contributed by atoms with E-state index in [4.69, 9.17) is 44.5 Å². The fourth-order valence-corrected chi connectivity index (χ4v) is 14.7. The molecule has 5 aromatic heterocycles. The van der Waals surface area contributed by atoms with Gasteiger partial charge < -0.3 is 36.2 Å². The third kappa shape index (κ3) is 21.9. The van der Waals surface area contributed by atoms with E-state index in [1.165, 1.54) is 72.7 Å². The van der Waals surface area contributed by atoms with Gasteiger partial charge in [-0.3, -0.25) is 9.59 Å². The van der Waals surface area contributed by atoms with Gasteiger partial charge in [-0.25, -0.2) is 22.0 Å². The van der Waals surface area contributed by atoms with Gasteiger partial charge in [-0.15, -0.1) is 92.3 Å². The van der Waals surface area contributed by atoms with E-state index in [0.29, 0.717) is 41.8 Å². The van der Waals surface area contributed by atoms with Crippen molar-refractivity contribution >= 4 is 182 Å². The second-order valence-corrected chi connectivity index (χ2v) is 25.7. The first-order chi connectivity index (χ1) is 44.0. The first kappa shape index (κ1) is 79.0. The van der Waals surface area contributed by atoms with Crippen LogP contribution in [-0.4, -0.2) is 53.6 Å². The molecule has 7 heterocycles. The van der Waals surface area contributed by atoms with Crippen molar-refractivity contribution in [2.24, 2.45) is 17.4 Å². The number of nitrogens with two attached hydrogens (primary N) is 2. The summed E-state index contributed by atoms with van der Waals surface area (Å²) in [4.78, 5) is 46.7. The molecule has 1 aliphatic carbocycles. The number of thiophene rings is 5. The molecule has 0 bridgehead atoms. The zero-order valence-electron chi connectivity index (χ0n) is 50.4. The third-order valence-electron chi connectivity index (χ3n) is 13.7. The van der Waals surface area contributed by atoms with Gasteiger partial charge in [-0.05, 0) is 206 Å². The molecule has 15 rings (SSSR count). The number of aliphatic hydroxyl groups is 1. The molecule has 0 saturated carbocycles. The van der Waals surface area contributed by atoms with Gasteiger partial charge in [0.1, 0.15) is 29.1 Å². The standard InChI is InChI=1S/C18H11FO2S.C9H6BrFS.2C9H8FNS.C9H7FS.C8H5NO2.C4H8O.C2H6O.CH2Cl2.ClH.K/c19-11-5-6-16-14(8-11)10(9-22-16)7-15-17(20)12-3-1-2-4-13(12)18(15)21;10-4-6-5-12-9-2-1-7(11)3-8(6)9;2*10-7-1-2-9-8(3-7)6(4-11)5-12-9;1-6-5-11-9-3-2-7(10)4-8(6)9;10-7-5-3-1-2-4-6(5)8(11)9-7;1-2-4-5-3-1;1-2-3;2-1-3;;/h1-6,8-9,15H,7H2;1-3,5H,4H2;2*1-3,5H,4,11H2;2-5H,1H3;1-4H,(H,9,10,11);1-4H2;3H,2H2,1H3;1H2;1H;/q;;;;;;;;;;+1/p-1. The SMILES string of the molecule is C1CCOC1.CCO.Cc1csc2ccc(F)cc12.Cl.ClCCl.Fc1ccc2scc(CBr)c2c1.NCc1csc2ccc(F)cc12.NCc1csc2ccc(F)cc12.O=C1[N-]C(=O)c2ccccc21.O=C1c2ccccc2C(=O)C1Cc1csc2ccc(F)cc12.[K+]. The van der Waals surface area contributed by atoms with Crippen LogP contribution in [0.15, 0.2) is 166 Å². The second kappa shape index (κ2) is 40.1. The summed E-state index contributed by atoms with van der Waals surface area (Å²) in [5.74, 6) is -2.81. The monoisotopic (exact) mass is 1510 g/mol. The number of ketones is 2. The zero-order chi connectivity index (χ0) is 65.6. The number of hydrogen-bond acceptors (Lipinski definition) is 13. The van der Waals surface area contributed by atoms with Crippen molar-refractivity contribution < 1.29 is 102 Å². The van der Waals surface area contributed by atoms with E-state index in [0.717, 1.165) is 96.8 Å². The van der Waals surface area contributed by atoms with Crippen LogP contribution in [0.1, 0.15) is 89.0 Å². The van der Waals surface area contributed by atoms with Crippen molar-refractivity contribution in [2.45, 2.75) is 51.5 Å². The number of aliphatic hydroxyl groups excluding tert-OH is 1. The fourth-order valence-electron chi connectivity index (χ4n) is 9.31. The second-order valence-electron chi connectivity index (χ2n) is 19.7. The van der Waals surface area contributed by atoms with Crippen molar-refractivity contribution in [1.29, 1.82) is 0 Å². The minimum Gasteiger partial charge on any atom is -0.587 e. The molecule has 24 heteroatoms. The summed E-state index contributed by atoms with van der Waals surface area (Å²) in [5.41, 5.74) is 18.0. The predicted molar refractivity (Wildman–Crippen MR) is 379 cm³/mol. The van der Waals surface area contributed by atoms with Crippen molar-refractivity contribution in [1.82, 2.24) is 0 Å². The molecule has 1 fully saturated rings. The zero-order valence-corrected chi connectivity index (χ0v) is 61.5. The van der Waals surface area contributed by atoms with Crippen LogP contribution in [0.2, 0.25) is 0 Å². The minimum atomic E-state index is -0.682. The van der Waals surface area contributed by atoms with Crippen LogP contribution in [0.25, 0.3) is 55.7 Å². The molecule has 3 aliphatic rings. The number of benzene rings is 7. The van der Waals surface area contributed by atoms with E-state index < -0.39 is 17.7 Å². The van der Waals surface area contributed by atoms with Crippen LogP contribution in [0.4, 0.5) is 22.0 Å². The molecule has 5 N–H and O–H groups in total. The van der Waals surface area contributed by atoms with Gasteiger partial charge in [0, 0.05) is 84.0 Å². The molecular formula is C69H61BrCl3F5KN3O6S5. The number of rotatable bonds is 5. The molecule has 9 nitrogen and oxygen atoms in total. The molecule has 1 saturated heterocycles. The summed E-state index contributed by atoms with van der Waals surface area (Å²) in [5, 5.41) is 26.5. The average molecular weight is 1510 g/mol. The average Bonchev–Trinajstić information content (AvgIpc) is 1.64. The molecule has 93 heavy (non-hydrogen) atoms. The summed E-state index contributed by atoms with van der Waals surface area (Å²) >= 11 is 20.9. The molecule has 12 aromatic rings. The van der Waals surface area contributed by atoms with Crippen LogP contribution in [0.5, 0.6) is 0 Å². The Morgan fingerprint density at radius 3 is 1.16 bits per heavy atom. The Bertz CT molecular complexity index is 4160. The van der Waals surface area contributed by atoms with Gasteiger partial charge in [0.25, 0.3) is 0 Å². The predicted octanol–water partition coefficient (Wildman–Crippen LogP) is 17.6. The summed E-state index contributed by atoms with van der Waals surface area (Å²) in [6.45, 7) is 6.88. The summed E-state index contributed by atoms with van der Waals surface area (Å²) in [7, 11) is 0. The van der Waals surface area contributed by atoms with Crippen LogP contribution in [-0.2, 0) is 29.6 Å². The van der Waals surface area contributed by atoms with Crippen molar-refractivity contribution in [3.8, 4) is 0 Å². The Morgan fingerprint density at radius 2 is 0.817 bits per heavy atom. The molecule has 2 aliphatic heterocycles. The summed E-state index contributed by atoms with van der Waals surface area (Å²) in [6.07, 6.45) is 2.88. The van der Waals surface area contributed by atoms with Crippen molar-refractivity contribution in [3.05, 3.63) is 251 Å². The molecule has 0 radical (unpaired) electrons. The number of carbonyl (C=O) groups is 4. The van der Waals surface area contributed by atoms with Crippen LogP contribution >= 0.6 is 108 Å². The number of fused-ring (bicyclic) bond motifs is 7. The first-order valence-corrected chi connectivity index (χ1v) is 34.7. The van der Waals surface area contributed by atoms with Crippen molar-refractivity contribution in [3.63, 3.8) is 0 Å². The van der Waals surface area contributed by atoms with Crippen LogP contribution in [0.3, 0.4) is 0 Å². The van der Waals surface area contributed by atoms with E-state index in [1.807, 2.05) is 40.6 Å². The van der Waals surface area contributed by atoms with Gasteiger partial charge in [-0.1, -0.05) is 64.5 Å². The largest absolute Gasteiger partial charge is 1.00 e. The quantitative estimate of drug-likeness (QED) is 0.0504. The Balaban J connectivity index is 0.000000198. The van der Waals surface area contributed by atoms with E-state index in [-0.39, 0.29) is 116 Å². The molecule has 0 unspecified atom stereocenters. The number of aryl methyl sites for hydroxylation is 1. The van der Waals surface area contributed by atoms with E-state index in [2.05, 4.69) is 26.6 Å². The Kier molecular flexibility index (Phi) is 34.1. The number of Topliss-reactive ketones (excluding diaryl/α,β-unsaturated/α-hetero) is 2. The summed E-state index contributed by atoms with van der Waals surface area (Å²) < 4.78 is 75.0. The number of alkyl halides is 3. The first-order valence-electron chi connectivity index (χ1n) is 28.1. The number of imide groups is 1. The maximum atomic E-state index is 13.4. The maximum Gasteiger partial charge on any atom is 1.00 e. The molecule has 0 spiro atoms. The number of halogens is 9.